The van der Waals surface area contributed by atoms with Crippen molar-refractivity contribution in [1.82, 2.24) is 0 Å². The molecule has 2 amide bonds. The predicted octanol–water partition coefficient (Wildman–Crippen LogP) is 4.14. The molecule has 3 rings (SSSR count). The fourth-order valence-corrected chi connectivity index (χ4v) is 3.43. The molecular weight excluding hydrogens is 364 g/mol. The number of carbonyl (C=O) groups is 2. The van der Waals surface area contributed by atoms with E-state index in [1.807, 2.05) is 49.4 Å². The number of hydrogen-bond donors (Lipinski definition) is 0. The summed E-state index contributed by atoms with van der Waals surface area (Å²) in [6.07, 6.45) is 2.38. The summed E-state index contributed by atoms with van der Waals surface area (Å²) in [4.78, 5) is 27.7. The molecule has 2 aromatic carbocycles. The molecule has 0 saturated heterocycles. The number of para-hydroxylation sites is 3. The Morgan fingerprint density at radius 1 is 1.11 bits per heavy atom. The number of anilines is 2. The second-order valence-electron chi connectivity index (χ2n) is 6.62. The molecule has 0 bridgehead atoms. The van der Waals surface area contributed by atoms with Gasteiger partial charge in [-0.1, -0.05) is 42.8 Å². The summed E-state index contributed by atoms with van der Waals surface area (Å²) in [6, 6.07) is 14.9. The number of unbranched alkanes of at least 4 members (excludes halogenated alkanes) is 1. The van der Waals surface area contributed by atoms with Crippen molar-refractivity contribution in [1.29, 1.82) is 0 Å². The zero-order valence-electron chi connectivity index (χ0n) is 15.3. The molecule has 142 valence electrons. The average molecular weight is 387 g/mol. The first-order chi connectivity index (χ1) is 13.1. The summed E-state index contributed by atoms with van der Waals surface area (Å²) >= 11 is 6.08. The largest absolute Gasteiger partial charge is 0.492 e. The Bertz CT molecular complexity index is 812. The van der Waals surface area contributed by atoms with Crippen LogP contribution in [0.4, 0.5) is 11.4 Å². The van der Waals surface area contributed by atoms with E-state index in [0.29, 0.717) is 30.5 Å². The van der Waals surface area contributed by atoms with Crippen molar-refractivity contribution in [3.8, 4) is 5.75 Å². The number of carbonyl (C=O) groups excluding carboxylic acids is 2. The molecule has 1 heterocycles. The number of rotatable bonds is 7. The zero-order valence-corrected chi connectivity index (χ0v) is 16.1. The smallest absolute Gasteiger partial charge is 0.231 e. The Morgan fingerprint density at radius 2 is 1.81 bits per heavy atom. The second kappa shape index (κ2) is 8.91. The maximum absolute atomic E-state index is 12.8. The Hall–Kier alpha value is -2.53. The highest BCUT2D eigenvalue weighted by atomic mass is 35.5. The van der Waals surface area contributed by atoms with Gasteiger partial charge in [0.2, 0.25) is 12.3 Å². The predicted molar refractivity (Wildman–Crippen MR) is 108 cm³/mol. The number of hydrogen-bond acceptors (Lipinski definition) is 3. The summed E-state index contributed by atoms with van der Waals surface area (Å²) in [7, 11) is 0. The lowest BCUT2D eigenvalue weighted by Gasteiger charge is -2.24. The van der Waals surface area contributed by atoms with Crippen LogP contribution in [0.3, 0.4) is 0 Å². The van der Waals surface area contributed by atoms with Gasteiger partial charge in [-0.15, -0.1) is 0 Å². The highest BCUT2D eigenvalue weighted by Gasteiger charge is 2.30. The van der Waals surface area contributed by atoms with Gasteiger partial charge in [0.15, 0.2) is 0 Å². The molecule has 0 N–H and O–H groups in total. The normalized spacial score (nSPS) is 16.7. The van der Waals surface area contributed by atoms with Gasteiger partial charge in [0.05, 0.1) is 28.9 Å². The van der Waals surface area contributed by atoms with Crippen molar-refractivity contribution < 1.29 is 14.3 Å². The van der Waals surface area contributed by atoms with Crippen molar-refractivity contribution in [2.45, 2.75) is 19.8 Å². The summed E-state index contributed by atoms with van der Waals surface area (Å²) in [6.45, 7) is 3.37. The molecule has 27 heavy (non-hydrogen) atoms. The number of nitrogens with zero attached hydrogens (tertiary/aromatic N) is 2. The molecule has 0 aliphatic carbocycles. The van der Waals surface area contributed by atoms with Gasteiger partial charge in [0, 0.05) is 13.1 Å². The molecule has 2 aromatic rings. The lowest BCUT2D eigenvalue weighted by atomic mass is 10.1. The van der Waals surface area contributed by atoms with Crippen molar-refractivity contribution in [3.05, 3.63) is 53.6 Å². The van der Waals surface area contributed by atoms with Crippen LogP contribution in [-0.4, -0.2) is 32.0 Å². The van der Waals surface area contributed by atoms with Crippen LogP contribution in [0.5, 0.6) is 5.75 Å². The van der Waals surface area contributed by atoms with E-state index in [1.165, 1.54) is 0 Å². The Morgan fingerprint density at radius 3 is 2.56 bits per heavy atom. The van der Waals surface area contributed by atoms with Gasteiger partial charge in [-0.05, 0) is 37.1 Å². The second-order valence-corrected chi connectivity index (χ2v) is 7.03. The molecule has 1 aliphatic heterocycles. The van der Waals surface area contributed by atoms with Crippen LogP contribution in [0.25, 0.3) is 0 Å². The van der Waals surface area contributed by atoms with Crippen LogP contribution in [0, 0.1) is 5.92 Å². The fraction of sp³-hybridized carbons (Fsp3) is 0.333. The van der Waals surface area contributed by atoms with Crippen LogP contribution >= 0.6 is 11.6 Å². The van der Waals surface area contributed by atoms with Crippen LogP contribution in [-0.2, 0) is 9.59 Å². The first-order valence-electron chi connectivity index (χ1n) is 9.11. The highest BCUT2D eigenvalue weighted by molar-refractivity contribution is 6.32. The first kappa shape index (κ1) is 19.2. The molecule has 5 nitrogen and oxygen atoms in total. The van der Waals surface area contributed by atoms with Crippen LogP contribution in [0.15, 0.2) is 48.5 Å². The van der Waals surface area contributed by atoms with Gasteiger partial charge in [-0.25, -0.2) is 0 Å². The zero-order chi connectivity index (χ0) is 19.2. The van der Waals surface area contributed by atoms with E-state index < -0.39 is 0 Å². The minimum absolute atomic E-state index is 0.0406. The molecule has 1 unspecified atom stereocenters. The lowest BCUT2D eigenvalue weighted by molar-refractivity contribution is -0.121. The summed E-state index contributed by atoms with van der Waals surface area (Å²) in [5, 5.41) is 0.594. The minimum atomic E-state index is -0.248. The van der Waals surface area contributed by atoms with E-state index in [0.717, 1.165) is 30.6 Å². The van der Waals surface area contributed by atoms with E-state index in [1.54, 1.807) is 15.9 Å². The quantitative estimate of drug-likeness (QED) is 0.530. The molecule has 0 saturated carbocycles. The van der Waals surface area contributed by atoms with Crippen molar-refractivity contribution in [2.24, 2.45) is 5.92 Å². The summed E-state index contributed by atoms with van der Waals surface area (Å²) in [5.41, 5.74) is 1.56. The molecule has 0 radical (unpaired) electrons. The third-order valence-corrected chi connectivity index (χ3v) is 4.95. The maximum Gasteiger partial charge on any atom is 0.231 e. The molecule has 0 aromatic heterocycles. The van der Waals surface area contributed by atoms with E-state index in [-0.39, 0.29) is 11.8 Å². The maximum atomic E-state index is 12.8. The van der Waals surface area contributed by atoms with Crippen molar-refractivity contribution >= 4 is 35.3 Å². The summed E-state index contributed by atoms with van der Waals surface area (Å²) < 4.78 is 5.71. The monoisotopic (exact) mass is 386 g/mol. The molecule has 0 spiro atoms. The molecule has 0 fully saturated rings. The molecule has 1 aliphatic rings. The Balaban J connectivity index is 1.63. The Labute approximate surface area is 164 Å². The van der Waals surface area contributed by atoms with E-state index in [2.05, 4.69) is 0 Å². The Kier molecular flexibility index (Phi) is 6.35. The van der Waals surface area contributed by atoms with Gasteiger partial charge in [-0.3, -0.25) is 9.59 Å². The number of benzene rings is 2. The number of fused-ring (bicyclic) bond motifs is 1. The number of ether oxygens (including phenoxy) is 1. The standard InChI is InChI=1S/C21H23ClN2O3/c1-16-14-23(15-25)18-9-3-4-10-19(18)24(21(16)26)12-6-7-13-27-20-11-5-2-8-17(20)22/h2-5,8-11,15-16H,6-7,12-14H2,1H3. The van der Waals surface area contributed by atoms with E-state index in [4.69, 9.17) is 16.3 Å². The number of halogens is 1. The van der Waals surface area contributed by atoms with Crippen molar-refractivity contribution in [2.75, 3.05) is 29.5 Å². The molecule has 6 heteroatoms. The highest BCUT2D eigenvalue weighted by Crippen LogP contribution is 2.33. The van der Waals surface area contributed by atoms with E-state index >= 15 is 0 Å². The van der Waals surface area contributed by atoms with Crippen molar-refractivity contribution in [3.63, 3.8) is 0 Å². The fourth-order valence-electron chi connectivity index (χ4n) is 3.24. The minimum Gasteiger partial charge on any atom is -0.492 e. The van der Waals surface area contributed by atoms with Crippen LogP contribution in [0.2, 0.25) is 5.02 Å². The van der Waals surface area contributed by atoms with Gasteiger partial charge in [0.1, 0.15) is 5.75 Å². The van der Waals surface area contributed by atoms with Gasteiger partial charge in [-0.2, -0.15) is 0 Å². The topological polar surface area (TPSA) is 49.9 Å². The third-order valence-electron chi connectivity index (χ3n) is 4.64. The van der Waals surface area contributed by atoms with Gasteiger partial charge in [0.25, 0.3) is 0 Å². The lowest BCUT2D eigenvalue weighted by Crippen LogP contribution is -2.37. The van der Waals surface area contributed by atoms with E-state index in [9.17, 15) is 9.59 Å². The van der Waals surface area contributed by atoms with Crippen LogP contribution in [0.1, 0.15) is 19.8 Å². The van der Waals surface area contributed by atoms with Gasteiger partial charge < -0.3 is 14.5 Å². The first-order valence-corrected chi connectivity index (χ1v) is 9.49. The molecule has 1 atom stereocenters. The molecular formula is C21H23ClN2O3. The van der Waals surface area contributed by atoms with Gasteiger partial charge >= 0.3 is 0 Å². The average Bonchev–Trinajstić information content (AvgIpc) is 2.79. The third kappa shape index (κ3) is 4.42. The van der Waals surface area contributed by atoms with Crippen LogP contribution < -0.4 is 14.5 Å². The SMILES string of the molecule is CC1CN(C=O)c2ccccc2N(CCCCOc2ccccc2Cl)C1=O. The number of amides is 2. The summed E-state index contributed by atoms with van der Waals surface area (Å²) in [5.74, 6) is 0.464.